The number of hydrogen-bond donors (Lipinski definition) is 0. The number of carbonyl (C=O) groups is 1. The van der Waals surface area contributed by atoms with E-state index in [1.165, 1.54) is 18.2 Å². The van der Waals surface area contributed by atoms with Crippen LogP contribution in [0.1, 0.15) is 10.4 Å². The zero-order valence-corrected chi connectivity index (χ0v) is 14.4. The fraction of sp³-hybridized carbons (Fsp3) is 0.0714. The summed E-state index contributed by atoms with van der Waals surface area (Å²) in [6.45, 7) is 0. The molecule has 2 rings (SSSR count). The molecule has 0 atom stereocenters. The molecule has 0 aliphatic carbocycles. The number of sulfone groups is 1. The second-order valence-corrected chi connectivity index (χ2v) is 7.48. The van der Waals surface area contributed by atoms with E-state index in [9.17, 15) is 23.3 Å². The van der Waals surface area contributed by atoms with Crippen LogP contribution in [0.5, 0.6) is 5.75 Å². The summed E-state index contributed by atoms with van der Waals surface area (Å²) in [6, 6.07) is 7.06. The molecule has 2 aromatic rings. The molecule has 0 saturated carbocycles. The number of ether oxygens (including phenoxy) is 1. The summed E-state index contributed by atoms with van der Waals surface area (Å²) in [7, 11) is -3.62. The summed E-state index contributed by atoms with van der Waals surface area (Å²) < 4.78 is 28.3. The standard InChI is InChI=1S/C14H9Cl2NO6S/c1-24(21,22)13-6-8(2-4-10(13)15)14(18)23-9-3-5-12(17(19)20)11(16)7-9/h2-7H,1H3. The molecular weight excluding hydrogens is 381 g/mol. The summed E-state index contributed by atoms with van der Waals surface area (Å²) >= 11 is 11.5. The van der Waals surface area contributed by atoms with Crippen LogP contribution in [-0.4, -0.2) is 25.6 Å². The smallest absolute Gasteiger partial charge is 0.343 e. The lowest BCUT2D eigenvalue weighted by atomic mass is 10.2. The third-order valence-electron chi connectivity index (χ3n) is 2.89. The number of carbonyl (C=O) groups excluding carboxylic acids is 1. The van der Waals surface area contributed by atoms with E-state index in [-0.39, 0.29) is 31.9 Å². The van der Waals surface area contributed by atoms with Crippen LogP contribution in [0.15, 0.2) is 41.3 Å². The Kier molecular flexibility index (Phi) is 5.12. The Hall–Kier alpha value is -2.16. The number of halogens is 2. The zero-order chi connectivity index (χ0) is 18.1. The van der Waals surface area contributed by atoms with Crippen LogP contribution in [-0.2, 0) is 9.84 Å². The van der Waals surface area contributed by atoms with E-state index >= 15 is 0 Å². The highest BCUT2D eigenvalue weighted by molar-refractivity contribution is 7.90. The van der Waals surface area contributed by atoms with E-state index in [1.807, 2.05) is 0 Å². The van der Waals surface area contributed by atoms with Gasteiger partial charge in [0.15, 0.2) is 9.84 Å². The molecule has 126 valence electrons. The van der Waals surface area contributed by atoms with Crippen molar-refractivity contribution in [2.75, 3.05) is 6.26 Å². The number of hydrogen-bond acceptors (Lipinski definition) is 6. The van der Waals surface area contributed by atoms with Crippen molar-refractivity contribution in [3.8, 4) is 5.75 Å². The van der Waals surface area contributed by atoms with Crippen molar-refractivity contribution in [1.29, 1.82) is 0 Å². The topological polar surface area (TPSA) is 104 Å². The molecule has 0 aromatic heterocycles. The first-order valence-electron chi connectivity index (χ1n) is 6.25. The fourth-order valence-corrected chi connectivity index (χ4v) is 3.32. The molecule has 2 aromatic carbocycles. The van der Waals surface area contributed by atoms with Crippen LogP contribution in [0.2, 0.25) is 10.0 Å². The summed E-state index contributed by atoms with van der Waals surface area (Å²) in [6.07, 6.45) is 0.958. The lowest BCUT2D eigenvalue weighted by molar-refractivity contribution is -0.384. The van der Waals surface area contributed by atoms with Gasteiger partial charge in [-0.25, -0.2) is 13.2 Å². The summed E-state index contributed by atoms with van der Waals surface area (Å²) in [5.41, 5.74) is -0.378. The second-order valence-electron chi connectivity index (χ2n) is 4.68. The Bertz CT molecular complexity index is 942. The Morgan fingerprint density at radius 3 is 2.33 bits per heavy atom. The molecule has 0 spiro atoms. The lowest BCUT2D eigenvalue weighted by Gasteiger charge is -2.07. The van der Waals surface area contributed by atoms with Crippen LogP contribution in [0.25, 0.3) is 0 Å². The molecule has 0 radical (unpaired) electrons. The molecule has 7 nitrogen and oxygen atoms in total. The maximum Gasteiger partial charge on any atom is 0.343 e. The van der Waals surface area contributed by atoms with E-state index in [1.54, 1.807) is 0 Å². The molecule has 0 bridgehead atoms. The van der Waals surface area contributed by atoms with Crippen molar-refractivity contribution in [2.24, 2.45) is 0 Å². The molecule has 10 heteroatoms. The average molecular weight is 390 g/mol. The van der Waals surface area contributed by atoms with Crippen LogP contribution in [0, 0.1) is 10.1 Å². The highest BCUT2D eigenvalue weighted by atomic mass is 35.5. The third kappa shape index (κ3) is 4.02. The van der Waals surface area contributed by atoms with Crippen molar-refractivity contribution in [2.45, 2.75) is 4.90 Å². The highest BCUT2D eigenvalue weighted by Crippen LogP contribution is 2.29. The number of benzene rings is 2. The molecule has 0 saturated heterocycles. The van der Waals surface area contributed by atoms with Gasteiger partial charge in [-0.2, -0.15) is 0 Å². The quantitative estimate of drug-likeness (QED) is 0.342. The largest absolute Gasteiger partial charge is 0.423 e. The van der Waals surface area contributed by atoms with E-state index < -0.39 is 20.7 Å². The first-order chi connectivity index (χ1) is 11.1. The predicted octanol–water partition coefficient (Wildman–Crippen LogP) is 3.52. The van der Waals surface area contributed by atoms with Gasteiger partial charge in [0.2, 0.25) is 0 Å². The minimum Gasteiger partial charge on any atom is -0.423 e. The van der Waals surface area contributed by atoms with Crippen LogP contribution in [0.4, 0.5) is 5.69 Å². The van der Waals surface area contributed by atoms with Gasteiger partial charge < -0.3 is 4.74 Å². The monoisotopic (exact) mass is 389 g/mol. The Balaban J connectivity index is 2.31. The lowest BCUT2D eigenvalue weighted by Crippen LogP contribution is -2.10. The molecule has 0 fully saturated rings. The van der Waals surface area contributed by atoms with Crippen molar-refractivity contribution in [1.82, 2.24) is 0 Å². The first-order valence-corrected chi connectivity index (χ1v) is 8.90. The van der Waals surface area contributed by atoms with Gasteiger partial charge in [0, 0.05) is 18.4 Å². The van der Waals surface area contributed by atoms with Crippen LogP contribution < -0.4 is 4.74 Å². The number of nitro benzene ring substituents is 1. The highest BCUT2D eigenvalue weighted by Gasteiger charge is 2.18. The molecule has 0 aliphatic rings. The average Bonchev–Trinajstić information content (AvgIpc) is 2.46. The van der Waals surface area contributed by atoms with Gasteiger partial charge in [0.1, 0.15) is 10.8 Å². The summed E-state index contributed by atoms with van der Waals surface area (Å²) in [4.78, 5) is 21.9. The molecular formula is C14H9Cl2NO6S. The Morgan fingerprint density at radius 2 is 1.79 bits per heavy atom. The minimum absolute atomic E-state index is 0.0209. The zero-order valence-electron chi connectivity index (χ0n) is 12.0. The summed E-state index contributed by atoms with van der Waals surface area (Å²) in [5.74, 6) is -0.882. The molecule has 0 unspecified atom stereocenters. The minimum atomic E-state index is -3.62. The van der Waals surface area contributed by atoms with Gasteiger partial charge in [-0.3, -0.25) is 10.1 Å². The number of nitrogens with zero attached hydrogens (tertiary/aromatic N) is 1. The molecule has 24 heavy (non-hydrogen) atoms. The number of nitro groups is 1. The van der Waals surface area contributed by atoms with Crippen molar-refractivity contribution < 1.29 is 22.9 Å². The Labute approximate surface area is 146 Å². The van der Waals surface area contributed by atoms with Crippen molar-refractivity contribution >= 4 is 44.7 Å². The molecule has 0 heterocycles. The van der Waals surface area contributed by atoms with E-state index in [4.69, 9.17) is 27.9 Å². The fourth-order valence-electron chi connectivity index (χ4n) is 1.78. The molecule has 0 aliphatic heterocycles. The summed E-state index contributed by atoms with van der Waals surface area (Å²) in [5, 5.41) is 10.5. The van der Waals surface area contributed by atoms with Gasteiger partial charge in [-0.1, -0.05) is 23.2 Å². The maximum absolute atomic E-state index is 12.1. The van der Waals surface area contributed by atoms with Crippen LogP contribution in [0.3, 0.4) is 0 Å². The van der Waals surface area contributed by atoms with E-state index in [0.717, 1.165) is 24.5 Å². The van der Waals surface area contributed by atoms with Gasteiger partial charge >= 0.3 is 5.97 Å². The van der Waals surface area contributed by atoms with Gasteiger partial charge in [0.05, 0.1) is 20.4 Å². The maximum atomic E-state index is 12.1. The predicted molar refractivity (Wildman–Crippen MR) is 87.6 cm³/mol. The third-order valence-corrected chi connectivity index (χ3v) is 4.77. The number of rotatable bonds is 4. The first kappa shape index (κ1) is 18.2. The van der Waals surface area contributed by atoms with E-state index in [0.29, 0.717) is 0 Å². The normalized spacial score (nSPS) is 11.1. The molecule has 0 amide bonds. The van der Waals surface area contributed by atoms with Gasteiger partial charge in [-0.05, 0) is 24.3 Å². The van der Waals surface area contributed by atoms with E-state index in [2.05, 4.69) is 0 Å². The Morgan fingerprint density at radius 1 is 1.12 bits per heavy atom. The van der Waals surface area contributed by atoms with Crippen molar-refractivity contribution in [3.05, 3.63) is 62.1 Å². The second kappa shape index (κ2) is 6.76. The molecule has 0 N–H and O–H groups in total. The van der Waals surface area contributed by atoms with Crippen LogP contribution >= 0.6 is 23.2 Å². The number of esters is 1. The van der Waals surface area contributed by atoms with Crippen molar-refractivity contribution in [3.63, 3.8) is 0 Å². The van der Waals surface area contributed by atoms with Gasteiger partial charge in [-0.15, -0.1) is 0 Å². The SMILES string of the molecule is CS(=O)(=O)c1cc(C(=O)Oc2ccc([N+](=O)[O-])c(Cl)c2)ccc1Cl. The van der Waals surface area contributed by atoms with Gasteiger partial charge in [0.25, 0.3) is 5.69 Å².